The molecule has 0 aliphatic heterocycles. The molecule has 0 unspecified atom stereocenters. The van der Waals surface area contributed by atoms with Gasteiger partial charge in [-0.3, -0.25) is 0 Å². The van der Waals surface area contributed by atoms with E-state index in [1.54, 1.807) is 0 Å². The van der Waals surface area contributed by atoms with E-state index in [4.69, 9.17) is 0 Å². The van der Waals surface area contributed by atoms with E-state index in [1.165, 1.54) is 35.3 Å². The predicted molar refractivity (Wildman–Crippen MR) is 98.0 cm³/mol. The Morgan fingerprint density at radius 3 is 2.41 bits per heavy atom. The first-order valence-corrected chi connectivity index (χ1v) is 8.90. The zero-order valence-corrected chi connectivity index (χ0v) is 16.1. The number of nitrogens with zero attached hydrogens (tertiary/aromatic N) is 5. The molecular formula is C15H13BrF3N5O2S. The van der Waals surface area contributed by atoms with E-state index in [-0.39, 0.29) is 39.9 Å². The molecule has 0 saturated heterocycles. The third kappa shape index (κ3) is 5.10. The molecule has 1 aromatic carbocycles. The van der Waals surface area contributed by atoms with Crippen LogP contribution in [-0.4, -0.2) is 49.3 Å². The number of benzene rings is 1. The summed E-state index contributed by atoms with van der Waals surface area (Å²) in [4.78, 5) is 26.0. The van der Waals surface area contributed by atoms with Crippen LogP contribution in [-0.2, 0) is 0 Å². The fourth-order valence-electron chi connectivity index (χ4n) is 2.03. The highest BCUT2D eigenvalue weighted by molar-refractivity contribution is 9.10. The average molecular weight is 464 g/mol. The lowest BCUT2D eigenvalue weighted by molar-refractivity contribution is -0.0328. The van der Waals surface area contributed by atoms with Crippen LogP contribution in [0.3, 0.4) is 0 Å². The van der Waals surface area contributed by atoms with Gasteiger partial charge < -0.3 is 4.90 Å². The minimum atomic E-state index is -4.45. The molecule has 12 heteroatoms. The molecule has 1 aromatic heterocycles. The van der Waals surface area contributed by atoms with Crippen molar-refractivity contribution in [3.05, 3.63) is 58.5 Å². The van der Waals surface area contributed by atoms with Crippen molar-refractivity contribution >= 4 is 33.7 Å². The number of hydrogen-bond donors (Lipinski definition) is 0. The molecule has 0 spiro atoms. The largest absolute Gasteiger partial charge is 0.446 e. The maximum atomic E-state index is 12.5. The summed E-state index contributed by atoms with van der Waals surface area (Å²) in [7, 11) is 0. The number of halogens is 4. The summed E-state index contributed by atoms with van der Waals surface area (Å²) in [6.07, 6.45) is 2.95. The van der Waals surface area contributed by atoms with Crippen LogP contribution in [0, 0.1) is 0 Å². The summed E-state index contributed by atoms with van der Waals surface area (Å²) in [5, 5.41) is 7.17. The van der Waals surface area contributed by atoms with Gasteiger partial charge in [0, 0.05) is 22.5 Å². The monoisotopic (exact) mass is 463 g/mol. The van der Waals surface area contributed by atoms with Gasteiger partial charge in [-0.1, -0.05) is 12.2 Å². The Morgan fingerprint density at radius 1 is 1.26 bits per heavy atom. The van der Waals surface area contributed by atoms with E-state index in [0.717, 1.165) is 4.68 Å². The van der Waals surface area contributed by atoms with Crippen molar-refractivity contribution in [2.24, 2.45) is 0 Å². The summed E-state index contributed by atoms with van der Waals surface area (Å²) < 4.78 is 39.0. The zero-order chi connectivity index (χ0) is 20.2. The number of tetrazole rings is 1. The molecule has 0 aliphatic carbocycles. The Labute approximate surface area is 164 Å². The van der Waals surface area contributed by atoms with Crippen molar-refractivity contribution < 1.29 is 18.0 Å². The number of hydrogen-bond acceptors (Lipinski definition) is 5. The summed E-state index contributed by atoms with van der Waals surface area (Å²) in [5.41, 5.74) is -5.16. The first-order chi connectivity index (χ1) is 12.7. The van der Waals surface area contributed by atoms with Gasteiger partial charge in [-0.05, 0) is 56.3 Å². The highest BCUT2D eigenvalue weighted by atomic mass is 79.9. The van der Waals surface area contributed by atoms with Gasteiger partial charge >= 0.3 is 17.2 Å². The number of carbonyl (C=O) groups is 1. The molecule has 0 N–H and O–H groups in total. The molecule has 1 heterocycles. The van der Waals surface area contributed by atoms with Gasteiger partial charge in [0.05, 0.1) is 5.69 Å². The van der Waals surface area contributed by atoms with Crippen molar-refractivity contribution in [1.82, 2.24) is 24.7 Å². The summed E-state index contributed by atoms with van der Waals surface area (Å²) in [6, 6.07) is 3.01. The van der Waals surface area contributed by atoms with Crippen LogP contribution in [0.1, 0.15) is 0 Å². The number of alkyl halides is 3. The van der Waals surface area contributed by atoms with Gasteiger partial charge in [-0.2, -0.15) is 17.9 Å². The minimum absolute atomic E-state index is 0.0779. The Hall–Kier alpha value is -2.34. The molecule has 144 valence electrons. The van der Waals surface area contributed by atoms with Crippen LogP contribution in [0.4, 0.5) is 18.0 Å². The Bertz CT molecular complexity index is 915. The smallest absolute Gasteiger partial charge is 0.315 e. The minimum Gasteiger partial charge on any atom is -0.315 e. The molecule has 2 rings (SSSR count). The summed E-state index contributed by atoms with van der Waals surface area (Å²) in [6.45, 7) is 7.40. The van der Waals surface area contributed by atoms with Crippen LogP contribution in [0.5, 0.6) is 0 Å². The van der Waals surface area contributed by atoms with E-state index in [2.05, 4.69) is 39.5 Å². The predicted octanol–water partition coefficient (Wildman–Crippen LogP) is 3.45. The Morgan fingerprint density at radius 2 is 1.89 bits per heavy atom. The average Bonchev–Trinajstić information content (AvgIpc) is 2.96. The lowest BCUT2D eigenvalue weighted by Crippen LogP contribution is -2.41. The molecular weight excluding hydrogens is 451 g/mol. The van der Waals surface area contributed by atoms with Crippen molar-refractivity contribution in [3.8, 4) is 5.69 Å². The molecule has 0 radical (unpaired) electrons. The van der Waals surface area contributed by atoms with Crippen LogP contribution in [0.2, 0.25) is 0 Å². The van der Waals surface area contributed by atoms with Crippen molar-refractivity contribution in [2.45, 2.75) is 10.4 Å². The van der Waals surface area contributed by atoms with Crippen LogP contribution in [0.15, 0.2) is 57.7 Å². The molecule has 2 aromatic rings. The summed E-state index contributed by atoms with van der Waals surface area (Å²) in [5.74, 6) is 0. The molecule has 0 aliphatic rings. The Kier molecular flexibility index (Phi) is 6.65. The topological polar surface area (TPSA) is 73.0 Å². The quantitative estimate of drug-likeness (QED) is 0.372. The number of rotatable bonds is 6. The van der Waals surface area contributed by atoms with E-state index < -0.39 is 17.2 Å². The number of thioether (sulfide) groups is 1. The second-order valence-electron chi connectivity index (χ2n) is 5.01. The first-order valence-electron chi connectivity index (χ1n) is 7.29. The van der Waals surface area contributed by atoms with Crippen LogP contribution < -0.4 is 5.69 Å². The van der Waals surface area contributed by atoms with Gasteiger partial charge in [-0.15, -0.1) is 17.8 Å². The molecule has 1 amide bonds. The van der Waals surface area contributed by atoms with Gasteiger partial charge in [0.1, 0.15) is 0 Å². The summed E-state index contributed by atoms with van der Waals surface area (Å²) >= 11 is 2.74. The lowest BCUT2D eigenvalue weighted by Gasteiger charge is -2.17. The van der Waals surface area contributed by atoms with E-state index in [9.17, 15) is 22.8 Å². The normalized spacial score (nSPS) is 11.3. The molecule has 0 fully saturated rings. The van der Waals surface area contributed by atoms with Gasteiger partial charge in [0.15, 0.2) is 0 Å². The van der Waals surface area contributed by atoms with E-state index in [0.29, 0.717) is 4.68 Å². The van der Waals surface area contributed by atoms with E-state index in [1.807, 2.05) is 0 Å². The second kappa shape index (κ2) is 8.57. The van der Waals surface area contributed by atoms with Crippen molar-refractivity contribution in [2.75, 3.05) is 13.1 Å². The number of amides is 1. The zero-order valence-electron chi connectivity index (χ0n) is 13.7. The molecule has 0 bridgehead atoms. The third-order valence-electron chi connectivity index (χ3n) is 3.12. The maximum absolute atomic E-state index is 12.5. The molecule has 0 saturated carbocycles. The highest BCUT2D eigenvalue weighted by Gasteiger charge is 2.30. The number of carbonyl (C=O) groups excluding carboxylic acids is 1. The molecule has 27 heavy (non-hydrogen) atoms. The van der Waals surface area contributed by atoms with Crippen LogP contribution in [0.25, 0.3) is 5.69 Å². The SMILES string of the molecule is C=CCN(CC=C)C(=O)n1nnn(-c2ccc(SC(F)(F)F)c(Br)c2)c1=O. The van der Waals surface area contributed by atoms with Gasteiger partial charge in [0.25, 0.3) is 0 Å². The second-order valence-corrected chi connectivity index (χ2v) is 6.97. The van der Waals surface area contributed by atoms with Crippen molar-refractivity contribution in [3.63, 3.8) is 0 Å². The van der Waals surface area contributed by atoms with Gasteiger partial charge in [0.2, 0.25) is 0 Å². The standard InChI is InChI=1S/C15H13BrF3N5O2S/c1-3-7-22(8-4-2)13(25)24-14(26)23(20-21-24)10-5-6-12(11(16)9-10)27-15(17,18)19/h3-6,9H,1-2,7-8H2. The molecule has 7 nitrogen and oxygen atoms in total. The lowest BCUT2D eigenvalue weighted by atomic mass is 10.3. The van der Waals surface area contributed by atoms with Gasteiger partial charge in [-0.25, -0.2) is 9.59 Å². The first kappa shape index (κ1) is 21.0. The fraction of sp³-hybridized carbons (Fsp3) is 0.200. The maximum Gasteiger partial charge on any atom is 0.446 e. The fourth-order valence-corrected chi connectivity index (χ4v) is 3.19. The third-order valence-corrected chi connectivity index (χ3v) is 4.84. The Balaban J connectivity index is 2.35. The number of aromatic nitrogens is 4. The highest BCUT2D eigenvalue weighted by Crippen LogP contribution is 2.40. The molecule has 0 atom stereocenters. The van der Waals surface area contributed by atoms with Crippen LogP contribution >= 0.6 is 27.7 Å². The van der Waals surface area contributed by atoms with Crippen molar-refractivity contribution in [1.29, 1.82) is 0 Å². The van der Waals surface area contributed by atoms with E-state index >= 15 is 0 Å².